The van der Waals surface area contributed by atoms with E-state index >= 15 is 0 Å². The number of nitro benzene ring substituents is 1. The molecule has 0 unspecified atom stereocenters. The molecule has 2 aromatic carbocycles. The Bertz CT molecular complexity index is 722. The zero-order chi connectivity index (χ0) is 15.4. The van der Waals surface area contributed by atoms with Crippen molar-refractivity contribution in [2.75, 3.05) is 24.3 Å². The van der Waals surface area contributed by atoms with Crippen LogP contribution in [0.1, 0.15) is 5.56 Å². The van der Waals surface area contributed by atoms with Crippen LogP contribution in [0.3, 0.4) is 0 Å². The maximum atomic E-state index is 11.0. The minimum atomic E-state index is -0.427. The van der Waals surface area contributed by atoms with Crippen LogP contribution >= 0.6 is 0 Å². The molecule has 2 rings (SSSR count). The van der Waals surface area contributed by atoms with E-state index in [0.717, 1.165) is 5.69 Å². The van der Waals surface area contributed by atoms with Gasteiger partial charge in [0.2, 0.25) is 0 Å². The molecule has 0 heterocycles. The molecule has 0 spiro atoms. The van der Waals surface area contributed by atoms with Crippen molar-refractivity contribution in [1.82, 2.24) is 0 Å². The van der Waals surface area contributed by atoms with E-state index in [9.17, 15) is 10.1 Å². The highest BCUT2D eigenvalue weighted by molar-refractivity contribution is 5.71. The zero-order valence-electron chi connectivity index (χ0n) is 11.7. The summed E-state index contributed by atoms with van der Waals surface area (Å²) in [5.74, 6) is 0. The molecule has 6 heteroatoms. The molecule has 0 amide bonds. The predicted molar refractivity (Wildman–Crippen MR) is 81.9 cm³/mol. The molecule has 6 nitrogen and oxygen atoms in total. The fraction of sp³-hybridized carbons (Fsp3) is 0.133. The van der Waals surface area contributed by atoms with Gasteiger partial charge in [0.05, 0.1) is 16.6 Å². The molecule has 2 aromatic rings. The first-order valence-electron chi connectivity index (χ1n) is 6.26. The fourth-order valence-corrected chi connectivity index (χ4v) is 1.97. The number of non-ortho nitro benzene ring substituents is 1. The van der Waals surface area contributed by atoms with Crippen molar-refractivity contribution in [2.24, 2.45) is 0 Å². The average Bonchev–Trinajstić information content (AvgIpc) is 2.53. The zero-order valence-corrected chi connectivity index (χ0v) is 11.7. The van der Waals surface area contributed by atoms with Crippen molar-refractivity contribution in [1.29, 1.82) is 5.26 Å². The first kappa shape index (κ1) is 14.3. The largest absolute Gasteiger partial charge is 0.388 e. The second-order valence-electron chi connectivity index (χ2n) is 4.47. The van der Waals surface area contributed by atoms with Gasteiger partial charge in [-0.1, -0.05) is 6.07 Å². The van der Waals surface area contributed by atoms with Crippen LogP contribution in [0.4, 0.5) is 22.7 Å². The smallest absolute Gasteiger partial charge is 0.273 e. The minimum Gasteiger partial charge on any atom is -0.388 e. The molecule has 0 atom stereocenters. The number of nitrogens with zero attached hydrogens (tertiary/aromatic N) is 3. The molecule has 0 aliphatic rings. The summed E-state index contributed by atoms with van der Waals surface area (Å²) in [7, 11) is 3.51. The number of nitriles is 1. The van der Waals surface area contributed by atoms with Crippen molar-refractivity contribution < 1.29 is 4.92 Å². The van der Waals surface area contributed by atoms with Crippen LogP contribution in [0.2, 0.25) is 0 Å². The Morgan fingerprint density at radius 3 is 2.62 bits per heavy atom. The highest BCUT2D eigenvalue weighted by Crippen LogP contribution is 2.30. The lowest BCUT2D eigenvalue weighted by atomic mass is 10.1. The van der Waals surface area contributed by atoms with Gasteiger partial charge in [-0.25, -0.2) is 0 Å². The van der Waals surface area contributed by atoms with Crippen LogP contribution in [0.25, 0.3) is 0 Å². The van der Waals surface area contributed by atoms with E-state index in [2.05, 4.69) is 11.4 Å². The molecule has 0 saturated heterocycles. The predicted octanol–water partition coefficient (Wildman–Crippen LogP) is 3.28. The third kappa shape index (κ3) is 3.09. The summed E-state index contributed by atoms with van der Waals surface area (Å²) in [5, 5.41) is 22.9. The molecule has 0 aliphatic carbocycles. The van der Waals surface area contributed by atoms with Gasteiger partial charge in [-0.15, -0.1) is 0 Å². The number of anilines is 3. The molecular weight excluding hydrogens is 268 g/mol. The molecule has 0 aliphatic heterocycles. The van der Waals surface area contributed by atoms with Gasteiger partial charge in [-0.2, -0.15) is 5.26 Å². The molecule has 0 aromatic heterocycles. The van der Waals surface area contributed by atoms with E-state index in [-0.39, 0.29) is 5.69 Å². The van der Waals surface area contributed by atoms with Crippen LogP contribution in [0.15, 0.2) is 42.5 Å². The van der Waals surface area contributed by atoms with Gasteiger partial charge < -0.3 is 10.2 Å². The molecule has 21 heavy (non-hydrogen) atoms. The number of hydrogen-bond acceptors (Lipinski definition) is 5. The maximum Gasteiger partial charge on any atom is 0.273 e. The standard InChI is InChI=1S/C15H14N4O2/c1-17-12-7-14(9-15(8-12)19(20)21)18(2)13-5-3-4-11(6-13)10-16/h3-9,17H,1-2H3. The van der Waals surface area contributed by atoms with Gasteiger partial charge in [-0.3, -0.25) is 10.1 Å². The summed E-state index contributed by atoms with van der Waals surface area (Å²) < 4.78 is 0. The van der Waals surface area contributed by atoms with Gasteiger partial charge >= 0.3 is 0 Å². The first-order valence-corrected chi connectivity index (χ1v) is 6.26. The Labute approximate surface area is 122 Å². The van der Waals surface area contributed by atoms with Crippen LogP contribution in [-0.2, 0) is 0 Å². The highest BCUT2D eigenvalue weighted by Gasteiger charge is 2.13. The van der Waals surface area contributed by atoms with Crippen molar-refractivity contribution in [3.05, 3.63) is 58.1 Å². The fourth-order valence-electron chi connectivity index (χ4n) is 1.97. The molecule has 1 N–H and O–H groups in total. The number of benzene rings is 2. The quantitative estimate of drug-likeness (QED) is 0.687. The first-order chi connectivity index (χ1) is 10.0. The summed E-state index contributed by atoms with van der Waals surface area (Å²) >= 11 is 0. The van der Waals surface area contributed by atoms with Crippen molar-refractivity contribution in [3.8, 4) is 6.07 Å². The van der Waals surface area contributed by atoms with Gasteiger partial charge in [0.25, 0.3) is 5.69 Å². The molecule has 0 bridgehead atoms. The lowest BCUT2D eigenvalue weighted by Crippen LogP contribution is -2.10. The molecule has 106 valence electrons. The summed E-state index contributed by atoms with van der Waals surface area (Å²) in [6.45, 7) is 0. The Kier molecular flexibility index (Phi) is 4.05. The van der Waals surface area contributed by atoms with E-state index < -0.39 is 4.92 Å². The van der Waals surface area contributed by atoms with Gasteiger partial charge in [0, 0.05) is 43.3 Å². The van der Waals surface area contributed by atoms with E-state index in [1.165, 1.54) is 12.1 Å². The van der Waals surface area contributed by atoms with E-state index in [1.54, 1.807) is 37.2 Å². The maximum absolute atomic E-state index is 11.0. The minimum absolute atomic E-state index is 0.0140. The monoisotopic (exact) mass is 282 g/mol. The number of nitrogens with one attached hydrogen (secondary N) is 1. The molecule has 0 fully saturated rings. The molecular formula is C15H14N4O2. The van der Waals surface area contributed by atoms with E-state index in [1.807, 2.05) is 12.1 Å². The van der Waals surface area contributed by atoms with Crippen LogP contribution in [0, 0.1) is 21.4 Å². The lowest BCUT2D eigenvalue weighted by molar-refractivity contribution is -0.384. The summed E-state index contributed by atoms with van der Waals surface area (Å²) in [6, 6.07) is 13.9. The Morgan fingerprint density at radius 2 is 2.00 bits per heavy atom. The Balaban J connectivity index is 2.47. The molecule has 0 saturated carbocycles. The van der Waals surface area contributed by atoms with Crippen LogP contribution < -0.4 is 10.2 Å². The second-order valence-corrected chi connectivity index (χ2v) is 4.47. The van der Waals surface area contributed by atoms with Gasteiger partial charge in [-0.05, 0) is 24.3 Å². The second kappa shape index (κ2) is 5.92. The normalized spacial score (nSPS) is 9.76. The van der Waals surface area contributed by atoms with E-state index in [4.69, 9.17) is 5.26 Å². The summed E-state index contributed by atoms with van der Waals surface area (Å²) in [4.78, 5) is 12.4. The van der Waals surface area contributed by atoms with E-state index in [0.29, 0.717) is 16.9 Å². The summed E-state index contributed by atoms with van der Waals surface area (Å²) in [6.07, 6.45) is 0. The van der Waals surface area contributed by atoms with Gasteiger partial charge in [0.1, 0.15) is 0 Å². The van der Waals surface area contributed by atoms with Gasteiger partial charge in [0.15, 0.2) is 0 Å². The third-order valence-corrected chi connectivity index (χ3v) is 3.15. The van der Waals surface area contributed by atoms with Crippen molar-refractivity contribution in [3.63, 3.8) is 0 Å². The lowest BCUT2D eigenvalue weighted by Gasteiger charge is -2.20. The third-order valence-electron chi connectivity index (χ3n) is 3.15. The average molecular weight is 282 g/mol. The highest BCUT2D eigenvalue weighted by atomic mass is 16.6. The molecule has 0 radical (unpaired) electrons. The van der Waals surface area contributed by atoms with Crippen molar-refractivity contribution in [2.45, 2.75) is 0 Å². The Hall–Kier alpha value is -3.07. The number of nitro groups is 1. The van der Waals surface area contributed by atoms with Crippen LogP contribution in [0.5, 0.6) is 0 Å². The number of hydrogen-bond donors (Lipinski definition) is 1. The Morgan fingerprint density at radius 1 is 1.24 bits per heavy atom. The number of rotatable bonds is 4. The van der Waals surface area contributed by atoms with Crippen molar-refractivity contribution >= 4 is 22.7 Å². The SMILES string of the molecule is CNc1cc(N(C)c2cccc(C#N)c2)cc([N+](=O)[O-])c1. The summed E-state index contributed by atoms with van der Waals surface area (Å²) in [5.41, 5.74) is 2.67. The van der Waals surface area contributed by atoms with Crippen LogP contribution in [-0.4, -0.2) is 19.0 Å². The topological polar surface area (TPSA) is 82.2 Å².